The number of thioether (sulfide) groups is 1. The largest absolute Gasteiger partial charge is 0.130 e. The van der Waals surface area contributed by atoms with Gasteiger partial charge in [0, 0.05) is 5.75 Å². The van der Waals surface area contributed by atoms with Crippen LogP contribution in [0.5, 0.6) is 0 Å². The molecule has 0 amide bonds. The van der Waals surface area contributed by atoms with Gasteiger partial charge >= 0.3 is 0 Å². The maximum absolute atomic E-state index is 2.41. The summed E-state index contributed by atoms with van der Waals surface area (Å²) in [7, 11) is 0. The van der Waals surface area contributed by atoms with Crippen LogP contribution in [0.2, 0.25) is 0 Å². The fourth-order valence-electron chi connectivity index (χ4n) is 2.28. The maximum Gasteiger partial charge on any atom is 0.00147 e. The molecule has 2 aliphatic rings. The third-order valence-electron chi connectivity index (χ3n) is 2.99. The van der Waals surface area contributed by atoms with Crippen molar-refractivity contribution in [2.75, 3.05) is 5.75 Å². The summed E-state index contributed by atoms with van der Waals surface area (Å²) in [5.41, 5.74) is 2.32. The minimum absolute atomic E-state index is 0.539. The quantitative estimate of drug-likeness (QED) is 0.532. The summed E-state index contributed by atoms with van der Waals surface area (Å²) in [6.07, 6.45) is 5.57. The number of rotatable bonds is 0. The Morgan fingerprint density at radius 1 is 1.27 bits per heavy atom. The van der Waals surface area contributed by atoms with Crippen molar-refractivity contribution in [2.24, 2.45) is 5.41 Å². The summed E-state index contributed by atoms with van der Waals surface area (Å²) in [6.45, 7) is 4.82. The number of allylic oxidation sites excluding steroid dienone is 2. The molecule has 1 heterocycles. The Labute approximate surface area is 73.4 Å². The first kappa shape index (κ1) is 7.72. The van der Waals surface area contributed by atoms with E-state index < -0.39 is 0 Å². The highest BCUT2D eigenvalue weighted by molar-refractivity contribution is 8.03. The fourth-order valence-corrected chi connectivity index (χ4v) is 3.68. The van der Waals surface area contributed by atoms with Gasteiger partial charge in [-0.25, -0.2) is 0 Å². The van der Waals surface area contributed by atoms with Crippen LogP contribution in [0.25, 0.3) is 0 Å². The van der Waals surface area contributed by atoms with Gasteiger partial charge in [0.25, 0.3) is 0 Å². The monoisotopic (exact) mass is 168 g/mol. The Balaban J connectivity index is 2.32. The second-order valence-corrected chi connectivity index (χ2v) is 5.43. The lowest BCUT2D eigenvalue weighted by molar-refractivity contribution is 0.367. The Hall–Kier alpha value is 0.0900. The van der Waals surface area contributed by atoms with E-state index in [0.717, 1.165) is 0 Å². The molecule has 0 saturated carbocycles. The maximum atomic E-state index is 2.41. The molecule has 0 aromatic carbocycles. The van der Waals surface area contributed by atoms with Crippen LogP contribution in [0.3, 0.4) is 0 Å². The van der Waals surface area contributed by atoms with E-state index in [9.17, 15) is 0 Å². The topological polar surface area (TPSA) is 0 Å². The van der Waals surface area contributed by atoms with Crippen molar-refractivity contribution in [3.05, 3.63) is 10.5 Å². The molecule has 0 spiro atoms. The SMILES string of the molecule is CC1(C)CCCC2=C1CCS2. The Morgan fingerprint density at radius 2 is 2.09 bits per heavy atom. The molecule has 2 rings (SSSR count). The Kier molecular flexibility index (Phi) is 1.79. The molecular weight excluding hydrogens is 152 g/mol. The van der Waals surface area contributed by atoms with Gasteiger partial charge in [0.2, 0.25) is 0 Å². The van der Waals surface area contributed by atoms with Gasteiger partial charge in [0.1, 0.15) is 0 Å². The summed E-state index contributed by atoms with van der Waals surface area (Å²) in [4.78, 5) is 1.74. The van der Waals surface area contributed by atoms with E-state index in [2.05, 4.69) is 25.6 Å². The minimum Gasteiger partial charge on any atom is -0.130 e. The molecule has 0 radical (unpaired) electrons. The van der Waals surface area contributed by atoms with Crippen LogP contribution in [0.1, 0.15) is 39.5 Å². The normalized spacial score (nSPS) is 28.9. The van der Waals surface area contributed by atoms with Crippen molar-refractivity contribution >= 4 is 11.8 Å². The zero-order valence-corrected chi connectivity index (χ0v) is 8.26. The first-order valence-electron chi connectivity index (χ1n) is 4.55. The van der Waals surface area contributed by atoms with Crippen LogP contribution >= 0.6 is 11.8 Å². The van der Waals surface area contributed by atoms with Gasteiger partial charge in [-0.15, -0.1) is 11.8 Å². The van der Waals surface area contributed by atoms with Crippen molar-refractivity contribution in [1.29, 1.82) is 0 Å². The van der Waals surface area contributed by atoms with Gasteiger partial charge in [-0.2, -0.15) is 0 Å². The highest BCUT2D eigenvalue weighted by Gasteiger charge is 2.32. The summed E-state index contributed by atoms with van der Waals surface area (Å²) in [5.74, 6) is 1.36. The summed E-state index contributed by atoms with van der Waals surface area (Å²) < 4.78 is 0. The van der Waals surface area contributed by atoms with Gasteiger partial charge < -0.3 is 0 Å². The van der Waals surface area contributed by atoms with Crippen LogP contribution in [-0.4, -0.2) is 5.75 Å². The fraction of sp³-hybridized carbons (Fsp3) is 0.800. The molecule has 0 unspecified atom stereocenters. The molecule has 0 fully saturated rings. The third-order valence-corrected chi connectivity index (χ3v) is 4.19. The van der Waals surface area contributed by atoms with E-state index in [0.29, 0.717) is 5.41 Å². The molecule has 11 heavy (non-hydrogen) atoms. The Morgan fingerprint density at radius 3 is 2.82 bits per heavy atom. The van der Waals surface area contributed by atoms with E-state index in [1.165, 1.54) is 31.4 Å². The molecule has 0 bridgehead atoms. The number of hydrogen-bond acceptors (Lipinski definition) is 1. The van der Waals surface area contributed by atoms with Gasteiger partial charge in [0.15, 0.2) is 0 Å². The van der Waals surface area contributed by atoms with E-state index in [4.69, 9.17) is 0 Å². The third kappa shape index (κ3) is 1.24. The van der Waals surface area contributed by atoms with E-state index in [1.807, 2.05) is 0 Å². The predicted octanol–water partition coefficient (Wildman–Crippen LogP) is 3.59. The van der Waals surface area contributed by atoms with Crippen molar-refractivity contribution < 1.29 is 0 Å². The second kappa shape index (κ2) is 2.55. The van der Waals surface area contributed by atoms with Gasteiger partial charge in [-0.05, 0) is 36.0 Å². The first-order valence-corrected chi connectivity index (χ1v) is 5.54. The summed E-state index contributed by atoms with van der Waals surface area (Å²) in [5, 5.41) is 0. The van der Waals surface area contributed by atoms with Crippen molar-refractivity contribution in [3.63, 3.8) is 0 Å². The molecular formula is C10H16S. The zero-order valence-electron chi connectivity index (χ0n) is 7.44. The lowest BCUT2D eigenvalue weighted by atomic mass is 9.75. The van der Waals surface area contributed by atoms with Gasteiger partial charge in [-0.3, -0.25) is 0 Å². The van der Waals surface area contributed by atoms with Crippen LogP contribution in [0, 0.1) is 5.41 Å². The molecule has 1 aliphatic carbocycles. The van der Waals surface area contributed by atoms with Crippen LogP contribution in [-0.2, 0) is 0 Å². The lowest BCUT2D eigenvalue weighted by Crippen LogP contribution is -2.18. The smallest absolute Gasteiger partial charge is 0.00147 e. The molecule has 0 atom stereocenters. The molecule has 1 aliphatic heterocycles. The van der Waals surface area contributed by atoms with Crippen molar-refractivity contribution in [3.8, 4) is 0 Å². The standard InChI is InChI=1S/C10H16S/c1-10(2)6-3-4-9-8(10)5-7-11-9/h3-7H2,1-2H3. The molecule has 0 nitrogen and oxygen atoms in total. The van der Waals surface area contributed by atoms with Crippen LogP contribution < -0.4 is 0 Å². The second-order valence-electron chi connectivity index (χ2n) is 4.24. The molecule has 0 aromatic heterocycles. The zero-order chi connectivity index (χ0) is 7.90. The molecule has 0 aromatic rings. The average Bonchev–Trinajstić information content (AvgIpc) is 2.34. The average molecular weight is 168 g/mol. The highest BCUT2D eigenvalue weighted by Crippen LogP contribution is 2.49. The van der Waals surface area contributed by atoms with E-state index in [1.54, 1.807) is 10.5 Å². The molecule has 0 saturated heterocycles. The predicted molar refractivity (Wildman–Crippen MR) is 51.7 cm³/mol. The molecule has 1 heteroatoms. The summed E-state index contributed by atoms with van der Waals surface area (Å²) in [6, 6.07) is 0. The van der Waals surface area contributed by atoms with Crippen molar-refractivity contribution in [1.82, 2.24) is 0 Å². The molecule has 0 N–H and O–H groups in total. The van der Waals surface area contributed by atoms with Gasteiger partial charge in [0.05, 0.1) is 0 Å². The van der Waals surface area contributed by atoms with Gasteiger partial charge in [-0.1, -0.05) is 19.4 Å². The van der Waals surface area contributed by atoms with Crippen molar-refractivity contribution in [2.45, 2.75) is 39.5 Å². The van der Waals surface area contributed by atoms with Crippen LogP contribution in [0.15, 0.2) is 10.5 Å². The first-order chi connectivity index (χ1) is 5.20. The molecule has 62 valence electrons. The van der Waals surface area contributed by atoms with E-state index >= 15 is 0 Å². The number of hydrogen-bond donors (Lipinski definition) is 0. The summed E-state index contributed by atoms with van der Waals surface area (Å²) >= 11 is 2.11. The highest BCUT2D eigenvalue weighted by atomic mass is 32.2. The van der Waals surface area contributed by atoms with Crippen LogP contribution in [0.4, 0.5) is 0 Å². The van der Waals surface area contributed by atoms with E-state index in [-0.39, 0.29) is 0 Å². The lowest BCUT2D eigenvalue weighted by Gasteiger charge is -2.31. The Bertz CT molecular complexity index is 201. The minimum atomic E-state index is 0.539.